The summed E-state index contributed by atoms with van der Waals surface area (Å²) in [5.41, 5.74) is 7.47. The summed E-state index contributed by atoms with van der Waals surface area (Å²) < 4.78 is 0. The van der Waals surface area contributed by atoms with Crippen molar-refractivity contribution in [1.29, 1.82) is 5.41 Å². The van der Waals surface area contributed by atoms with Gasteiger partial charge in [0.05, 0.1) is 0 Å². The molecule has 0 saturated heterocycles. The number of nitrogens with zero attached hydrogens (tertiary/aromatic N) is 1. The molecule has 0 spiro atoms. The van der Waals surface area contributed by atoms with E-state index in [4.69, 9.17) is 16.2 Å². The van der Waals surface area contributed by atoms with Crippen LogP contribution < -0.4 is 11.2 Å². The molecule has 0 heterocycles. The molecule has 0 amide bonds. The van der Waals surface area contributed by atoms with Crippen LogP contribution in [0.15, 0.2) is 5.10 Å². The first kappa shape index (κ1) is 27.6. The third-order valence-electron chi connectivity index (χ3n) is 4.21. The number of hydrogen-bond acceptors (Lipinski definition) is 3. The van der Waals surface area contributed by atoms with E-state index in [1.807, 2.05) is 0 Å². The highest BCUT2D eigenvalue weighted by Gasteiger charge is 1.95. The molecular formula is C21H44N4O2. The highest BCUT2D eigenvalue weighted by molar-refractivity contribution is 5.75. The quantitative estimate of drug-likeness (QED) is 0.110. The standard InChI is InChI=1S/C12H26N4.C9H18O2/c1-2-3-4-5-6-7-8-9-10-11-15-16-12(13)14;1-2-3-4-5-6-7-8-9(10)11/h11H,2-10H2,1H3,(H4,13,14,16);2-8H2,1H3,(H,10,11). The van der Waals surface area contributed by atoms with Crippen LogP contribution >= 0.6 is 0 Å². The van der Waals surface area contributed by atoms with Gasteiger partial charge in [-0.1, -0.05) is 90.9 Å². The zero-order chi connectivity index (χ0) is 20.6. The second-order valence-electron chi connectivity index (χ2n) is 7.01. The molecule has 0 aliphatic heterocycles. The van der Waals surface area contributed by atoms with Crippen LogP contribution in [0.1, 0.15) is 117 Å². The van der Waals surface area contributed by atoms with Crippen LogP contribution in [0.3, 0.4) is 0 Å². The number of nitrogens with one attached hydrogen (secondary N) is 2. The third kappa shape index (κ3) is 32.5. The summed E-state index contributed by atoms with van der Waals surface area (Å²) in [6.07, 6.45) is 20.6. The minimum Gasteiger partial charge on any atom is -0.481 e. The minimum absolute atomic E-state index is 0.104. The Bertz CT molecular complexity index is 360. The van der Waals surface area contributed by atoms with Crippen molar-refractivity contribution in [3.63, 3.8) is 0 Å². The fourth-order valence-electron chi connectivity index (χ4n) is 2.61. The van der Waals surface area contributed by atoms with Crippen molar-refractivity contribution in [2.75, 3.05) is 0 Å². The second kappa shape index (κ2) is 24.4. The Morgan fingerprint density at radius 1 is 0.889 bits per heavy atom. The molecule has 160 valence electrons. The van der Waals surface area contributed by atoms with Crippen molar-refractivity contribution >= 4 is 18.1 Å². The van der Waals surface area contributed by atoms with Crippen molar-refractivity contribution in [1.82, 2.24) is 5.43 Å². The molecular weight excluding hydrogens is 340 g/mol. The summed E-state index contributed by atoms with van der Waals surface area (Å²) >= 11 is 0. The number of carbonyl (C=O) groups is 1. The Morgan fingerprint density at radius 3 is 1.78 bits per heavy atom. The summed E-state index contributed by atoms with van der Waals surface area (Å²) in [7, 11) is 0. The van der Waals surface area contributed by atoms with Crippen molar-refractivity contribution in [2.24, 2.45) is 10.8 Å². The van der Waals surface area contributed by atoms with E-state index in [1.165, 1.54) is 77.0 Å². The van der Waals surface area contributed by atoms with E-state index < -0.39 is 5.97 Å². The maximum absolute atomic E-state index is 10.1. The number of nitrogens with two attached hydrogens (primary N) is 1. The third-order valence-corrected chi connectivity index (χ3v) is 4.21. The van der Waals surface area contributed by atoms with Gasteiger partial charge >= 0.3 is 5.97 Å². The molecule has 6 nitrogen and oxygen atoms in total. The molecule has 0 unspecified atom stereocenters. The zero-order valence-electron chi connectivity index (χ0n) is 17.8. The number of aliphatic carboxylic acids is 1. The van der Waals surface area contributed by atoms with Crippen LogP contribution in [-0.4, -0.2) is 23.2 Å². The lowest BCUT2D eigenvalue weighted by molar-refractivity contribution is -0.137. The molecule has 6 heteroatoms. The number of hydrogen-bond donors (Lipinski definition) is 4. The normalized spacial score (nSPS) is 10.4. The Morgan fingerprint density at radius 2 is 1.33 bits per heavy atom. The van der Waals surface area contributed by atoms with Gasteiger partial charge in [0.25, 0.3) is 0 Å². The number of hydrazone groups is 1. The molecule has 27 heavy (non-hydrogen) atoms. The minimum atomic E-state index is -0.666. The molecule has 0 aliphatic carbocycles. The molecule has 0 radical (unpaired) electrons. The average molecular weight is 385 g/mol. The maximum Gasteiger partial charge on any atom is 0.303 e. The number of rotatable bonds is 17. The van der Waals surface area contributed by atoms with Crippen LogP contribution in [-0.2, 0) is 4.79 Å². The number of carboxylic acids is 1. The maximum atomic E-state index is 10.1. The molecule has 0 saturated carbocycles. The van der Waals surface area contributed by atoms with Gasteiger partial charge < -0.3 is 10.8 Å². The Kier molecular flexibility index (Phi) is 25.0. The van der Waals surface area contributed by atoms with Gasteiger partial charge in [0, 0.05) is 12.6 Å². The van der Waals surface area contributed by atoms with Crippen LogP contribution in [0.4, 0.5) is 0 Å². The van der Waals surface area contributed by atoms with E-state index in [-0.39, 0.29) is 5.96 Å². The summed E-state index contributed by atoms with van der Waals surface area (Å²) in [6.45, 7) is 4.42. The summed E-state index contributed by atoms with van der Waals surface area (Å²) in [6, 6.07) is 0. The summed E-state index contributed by atoms with van der Waals surface area (Å²) in [5, 5.41) is 19.0. The van der Waals surface area contributed by atoms with Gasteiger partial charge in [-0.2, -0.15) is 5.10 Å². The van der Waals surface area contributed by atoms with Crippen LogP contribution in [0.25, 0.3) is 0 Å². The lowest BCUT2D eigenvalue weighted by Gasteiger charge is -1.99. The number of unbranched alkanes of at least 4 members (excludes halogenated alkanes) is 13. The highest BCUT2D eigenvalue weighted by atomic mass is 16.4. The van der Waals surface area contributed by atoms with Crippen LogP contribution in [0, 0.1) is 5.41 Å². The zero-order valence-corrected chi connectivity index (χ0v) is 17.8. The largest absolute Gasteiger partial charge is 0.481 e. The fourth-order valence-corrected chi connectivity index (χ4v) is 2.61. The Hall–Kier alpha value is -1.59. The van der Waals surface area contributed by atoms with Gasteiger partial charge in [-0.05, 0) is 19.3 Å². The van der Waals surface area contributed by atoms with E-state index in [1.54, 1.807) is 6.21 Å². The first-order valence-electron chi connectivity index (χ1n) is 10.9. The summed E-state index contributed by atoms with van der Waals surface area (Å²) in [4.78, 5) is 10.1. The molecule has 5 N–H and O–H groups in total. The van der Waals surface area contributed by atoms with Gasteiger partial charge in [0.1, 0.15) is 0 Å². The molecule has 0 aromatic rings. The van der Waals surface area contributed by atoms with Crippen LogP contribution in [0.5, 0.6) is 0 Å². The molecule has 0 aliphatic rings. The molecule has 0 fully saturated rings. The SMILES string of the molecule is CCCCCCCCC(=O)O.CCCCCCCCCCC=NNC(=N)N. The van der Waals surface area contributed by atoms with Crippen molar-refractivity contribution in [3.8, 4) is 0 Å². The fraction of sp³-hybridized carbons (Fsp3) is 0.857. The van der Waals surface area contributed by atoms with Gasteiger partial charge in [-0.15, -0.1) is 0 Å². The Labute approximate surface area is 166 Å². The van der Waals surface area contributed by atoms with Crippen molar-refractivity contribution < 1.29 is 9.90 Å². The topological polar surface area (TPSA) is 112 Å². The highest BCUT2D eigenvalue weighted by Crippen LogP contribution is 2.09. The van der Waals surface area contributed by atoms with E-state index in [2.05, 4.69) is 24.4 Å². The monoisotopic (exact) mass is 384 g/mol. The first-order valence-corrected chi connectivity index (χ1v) is 10.9. The number of guanidine groups is 1. The first-order chi connectivity index (χ1) is 13.0. The molecule has 0 aromatic heterocycles. The predicted molar refractivity (Wildman–Crippen MR) is 116 cm³/mol. The average Bonchev–Trinajstić information content (AvgIpc) is 2.63. The second-order valence-corrected chi connectivity index (χ2v) is 7.01. The van der Waals surface area contributed by atoms with Gasteiger partial charge in [-0.3, -0.25) is 10.2 Å². The molecule has 0 atom stereocenters. The van der Waals surface area contributed by atoms with Crippen molar-refractivity contribution in [3.05, 3.63) is 0 Å². The molecule has 0 bridgehead atoms. The van der Waals surface area contributed by atoms with E-state index in [0.29, 0.717) is 6.42 Å². The molecule has 0 rings (SSSR count). The predicted octanol–water partition coefficient (Wildman–Crippen LogP) is 5.81. The van der Waals surface area contributed by atoms with E-state index in [0.717, 1.165) is 19.3 Å². The smallest absolute Gasteiger partial charge is 0.303 e. The molecule has 0 aromatic carbocycles. The lowest BCUT2D eigenvalue weighted by Crippen LogP contribution is -2.25. The summed E-state index contributed by atoms with van der Waals surface area (Å²) in [5.74, 6) is -0.771. The van der Waals surface area contributed by atoms with E-state index >= 15 is 0 Å². The van der Waals surface area contributed by atoms with Crippen LogP contribution in [0.2, 0.25) is 0 Å². The lowest BCUT2D eigenvalue weighted by atomic mass is 10.1. The Balaban J connectivity index is 0. The van der Waals surface area contributed by atoms with Gasteiger partial charge in [-0.25, -0.2) is 5.43 Å². The number of carboxylic acid groups (broad SMARTS) is 1. The van der Waals surface area contributed by atoms with E-state index in [9.17, 15) is 4.79 Å². The van der Waals surface area contributed by atoms with Crippen molar-refractivity contribution in [2.45, 2.75) is 117 Å². The van der Waals surface area contributed by atoms with Gasteiger partial charge in [0.15, 0.2) is 0 Å². The van der Waals surface area contributed by atoms with Gasteiger partial charge in [0.2, 0.25) is 5.96 Å².